The second-order valence-corrected chi connectivity index (χ2v) is 5.79. The van der Waals surface area contributed by atoms with Gasteiger partial charge in [-0.15, -0.1) is 0 Å². The molecule has 0 bridgehead atoms. The van der Waals surface area contributed by atoms with Crippen molar-refractivity contribution in [2.75, 3.05) is 18.5 Å². The van der Waals surface area contributed by atoms with Gasteiger partial charge >= 0.3 is 0 Å². The molecule has 0 unspecified atom stereocenters. The van der Waals surface area contributed by atoms with Gasteiger partial charge in [-0.1, -0.05) is 25.1 Å². The average Bonchev–Trinajstić information content (AvgIpc) is 3.05. The molecule has 1 aliphatic rings. The summed E-state index contributed by atoms with van der Waals surface area (Å²) in [4.78, 5) is 23.4. The molecule has 1 fully saturated rings. The number of carboxylic acids is 1. The summed E-state index contributed by atoms with van der Waals surface area (Å²) in [6.07, 6.45) is 2.69. The highest BCUT2D eigenvalue weighted by Crippen LogP contribution is 2.15. The number of ether oxygens (including phenoxy) is 1. The van der Waals surface area contributed by atoms with E-state index in [1.807, 2.05) is 31.2 Å². The first-order valence-corrected chi connectivity index (χ1v) is 8.13. The van der Waals surface area contributed by atoms with Crippen LogP contribution < -0.4 is 15.7 Å². The van der Waals surface area contributed by atoms with Crippen LogP contribution in [-0.4, -0.2) is 37.2 Å². The van der Waals surface area contributed by atoms with Crippen LogP contribution in [0.3, 0.4) is 0 Å². The number of aryl methyl sites for hydroxylation is 1. The zero-order valence-corrected chi connectivity index (χ0v) is 13.4. The predicted octanol–water partition coefficient (Wildman–Crippen LogP) is -0.561. The van der Waals surface area contributed by atoms with Crippen molar-refractivity contribution in [2.45, 2.75) is 44.8 Å². The molecule has 1 aromatic carbocycles. The Morgan fingerprint density at radius 2 is 2.22 bits per heavy atom. The molecule has 2 atom stereocenters. The number of carboxylic acid groups (broad SMARTS) is 1. The van der Waals surface area contributed by atoms with Gasteiger partial charge in [0, 0.05) is 12.3 Å². The number of carbonyl (C=O) groups excluding carboxylic acids is 2. The van der Waals surface area contributed by atoms with Crippen molar-refractivity contribution in [3.63, 3.8) is 0 Å². The summed E-state index contributed by atoms with van der Waals surface area (Å²) in [5, 5.41) is 15.7. The van der Waals surface area contributed by atoms with Crippen LogP contribution in [0, 0.1) is 0 Å². The Kier molecular flexibility index (Phi) is 6.55. The second-order valence-electron chi connectivity index (χ2n) is 5.79. The number of amides is 1. The fourth-order valence-corrected chi connectivity index (χ4v) is 2.76. The average molecular weight is 320 g/mol. The van der Waals surface area contributed by atoms with Crippen LogP contribution in [0.25, 0.3) is 0 Å². The third-order valence-corrected chi connectivity index (χ3v) is 4.09. The summed E-state index contributed by atoms with van der Waals surface area (Å²) >= 11 is 0. The summed E-state index contributed by atoms with van der Waals surface area (Å²) in [5.41, 5.74) is 1.76. The van der Waals surface area contributed by atoms with Gasteiger partial charge in [0.2, 0.25) is 5.91 Å². The normalized spacial score (nSPS) is 18.6. The van der Waals surface area contributed by atoms with Gasteiger partial charge in [-0.05, 0) is 30.9 Å². The molecule has 1 saturated heterocycles. The molecule has 1 aromatic rings. The minimum Gasteiger partial charge on any atom is -0.544 e. The number of quaternary nitrogens is 1. The number of carbonyl (C=O) groups is 2. The molecular formula is C17H24N2O4. The van der Waals surface area contributed by atoms with Gasteiger partial charge in [-0.25, -0.2) is 0 Å². The van der Waals surface area contributed by atoms with Crippen LogP contribution in [0.1, 0.15) is 31.7 Å². The number of nitrogens with two attached hydrogens (primary N) is 1. The van der Waals surface area contributed by atoms with Crippen LogP contribution in [-0.2, 0) is 20.7 Å². The maximum Gasteiger partial charge on any atom is 0.230 e. The summed E-state index contributed by atoms with van der Waals surface area (Å²) in [6, 6.07) is 6.62. The van der Waals surface area contributed by atoms with Crippen LogP contribution in [0.2, 0.25) is 0 Å². The molecule has 126 valence electrons. The lowest BCUT2D eigenvalue weighted by Crippen LogP contribution is -2.94. The summed E-state index contributed by atoms with van der Waals surface area (Å²) in [6.45, 7) is 3.27. The lowest BCUT2D eigenvalue weighted by molar-refractivity contribution is -0.687. The van der Waals surface area contributed by atoms with E-state index in [0.29, 0.717) is 6.54 Å². The molecule has 2 rings (SSSR count). The van der Waals surface area contributed by atoms with Crippen LogP contribution >= 0.6 is 0 Å². The SMILES string of the molecule is CCc1ccccc1NC(=O)C[C@H]([NH2+]C[C@H]1CCCO1)C(=O)[O-]. The first kappa shape index (κ1) is 17.4. The fourth-order valence-electron chi connectivity index (χ4n) is 2.76. The number of nitrogens with one attached hydrogen (secondary N) is 1. The van der Waals surface area contributed by atoms with Crippen molar-refractivity contribution < 1.29 is 24.7 Å². The van der Waals surface area contributed by atoms with E-state index >= 15 is 0 Å². The molecule has 3 N–H and O–H groups in total. The number of hydrogen-bond acceptors (Lipinski definition) is 4. The van der Waals surface area contributed by atoms with Crippen molar-refractivity contribution in [2.24, 2.45) is 0 Å². The van der Waals surface area contributed by atoms with Crippen molar-refractivity contribution in [3.05, 3.63) is 29.8 Å². The highest BCUT2D eigenvalue weighted by atomic mass is 16.5. The molecule has 0 saturated carbocycles. The summed E-state index contributed by atoms with van der Waals surface area (Å²) in [5.74, 6) is -1.54. The van der Waals surface area contributed by atoms with Crippen LogP contribution in [0.15, 0.2) is 24.3 Å². The molecule has 6 heteroatoms. The fraction of sp³-hybridized carbons (Fsp3) is 0.529. The number of rotatable bonds is 8. The molecule has 6 nitrogen and oxygen atoms in total. The zero-order chi connectivity index (χ0) is 16.7. The Morgan fingerprint density at radius 3 is 2.87 bits per heavy atom. The first-order chi connectivity index (χ1) is 11.1. The number of benzene rings is 1. The highest BCUT2D eigenvalue weighted by molar-refractivity contribution is 5.94. The van der Waals surface area contributed by atoms with Gasteiger partial charge in [0.25, 0.3) is 0 Å². The van der Waals surface area contributed by atoms with E-state index in [9.17, 15) is 14.7 Å². The summed E-state index contributed by atoms with van der Waals surface area (Å²) in [7, 11) is 0. The number of anilines is 1. The number of para-hydroxylation sites is 1. The molecule has 0 spiro atoms. The van der Waals surface area contributed by atoms with Gasteiger partial charge in [0.05, 0.1) is 12.4 Å². The quantitative estimate of drug-likeness (QED) is 0.671. The minimum absolute atomic E-state index is 0.0701. The second kappa shape index (κ2) is 8.64. The minimum atomic E-state index is -1.22. The van der Waals surface area contributed by atoms with E-state index < -0.39 is 12.0 Å². The van der Waals surface area contributed by atoms with Crippen molar-refractivity contribution in [1.29, 1.82) is 0 Å². The largest absolute Gasteiger partial charge is 0.544 e. The van der Waals surface area contributed by atoms with E-state index in [2.05, 4.69) is 5.32 Å². The van der Waals surface area contributed by atoms with Gasteiger partial charge in [0.15, 0.2) is 0 Å². The van der Waals surface area contributed by atoms with Crippen molar-refractivity contribution in [3.8, 4) is 0 Å². The molecule has 0 aromatic heterocycles. The first-order valence-electron chi connectivity index (χ1n) is 8.13. The van der Waals surface area contributed by atoms with E-state index in [0.717, 1.165) is 37.1 Å². The summed E-state index contributed by atoms with van der Waals surface area (Å²) < 4.78 is 5.47. The van der Waals surface area contributed by atoms with Gasteiger partial charge < -0.3 is 25.3 Å². The number of hydrogen-bond donors (Lipinski definition) is 2. The lowest BCUT2D eigenvalue weighted by Gasteiger charge is -2.18. The maximum atomic E-state index is 12.1. The standard InChI is InChI=1S/C17H24N2O4/c1-2-12-6-3-4-8-14(12)19-16(20)10-15(17(21)22)18-11-13-7-5-9-23-13/h3-4,6,8,13,15,18H,2,5,7,9-11H2,1H3,(H,19,20)(H,21,22)/t13-,15+/m1/s1. The lowest BCUT2D eigenvalue weighted by atomic mass is 10.1. The van der Waals surface area contributed by atoms with E-state index in [4.69, 9.17) is 4.74 Å². The van der Waals surface area contributed by atoms with Crippen LogP contribution in [0.4, 0.5) is 5.69 Å². The van der Waals surface area contributed by atoms with Crippen molar-refractivity contribution in [1.82, 2.24) is 0 Å². The topological polar surface area (TPSA) is 95.1 Å². The van der Waals surface area contributed by atoms with Crippen molar-refractivity contribution >= 4 is 17.6 Å². The van der Waals surface area contributed by atoms with Crippen LogP contribution in [0.5, 0.6) is 0 Å². The molecule has 1 amide bonds. The Bertz CT molecular complexity index is 541. The Labute approximate surface area is 136 Å². The van der Waals surface area contributed by atoms with E-state index in [1.54, 1.807) is 5.32 Å². The maximum absolute atomic E-state index is 12.1. The third kappa shape index (κ3) is 5.33. The molecule has 0 radical (unpaired) electrons. The molecule has 1 aliphatic heterocycles. The van der Waals surface area contributed by atoms with Gasteiger partial charge in [-0.3, -0.25) is 4.79 Å². The Balaban J connectivity index is 1.88. The smallest absolute Gasteiger partial charge is 0.230 e. The highest BCUT2D eigenvalue weighted by Gasteiger charge is 2.23. The monoisotopic (exact) mass is 320 g/mol. The Hall–Kier alpha value is -1.92. The van der Waals surface area contributed by atoms with E-state index in [1.165, 1.54) is 0 Å². The van der Waals surface area contributed by atoms with Gasteiger partial charge in [0.1, 0.15) is 18.7 Å². The van der Waals surface area contributed by atoms with Gasteiger partial charge in [-0.2, -0.15) is 0 Å². The molecule has 0 aliphatic carbocycles. The Morgan fingerprint density at radius 1 is 1.43 bits per heavy atom. The molecular weight excluding hydrogens is 296 g/mol. The molecule has 1 heterocycles. The third-order valence-electron chi connectivity index (χ3n) is 4.09. The predicted molar refractivity (Wildman–Crippen MR) is 83.6 cm³/mol. The molecule has 23 heavy (non-hydrogen) atoms. The zero-order valence-electron chi connectivity index (χ0n) is 13.4. The van der Waals surface area contributed by atoms with E-state index in [-0.39, 0.29) is 18.4 Å². The number of aliphatic carboxylic acids is 1.